The molecule has 0 saturated heterocycles. The normalized spacial score (nSPS) is 15.5. The molecule has 1 aliphatic rings. The van der Waals surface area contributed by atoms with Gasteiger partial charge in [0.05, 0.1) is 0 Å². The molecule has 3 rings (SSSR count). The predicted octanol–water partition coefficient (Wildman–Crippen LogP) is 2.67. The number of nitrogen functional groups attached to an aromatic ring is 1. The molecule has 2 heteroatoms. The monoisotopic (exact) mass is 212 g/mol. The summed E-state index contributed by atoms with van der Waals surface area (Å²) in [5.74, 6) is 0. The van der Waals surface area contributed by atoms with Gasteiger partial charge >= 0.3 is 0 Å². The molecule has 2 aromatic carbocycles. The number of anilines is 1. The van der Waals surface area contributed by atoms with Gasteiger partial charge in [0.1, 0.15) is 0 Å². The van der Waals surface area contributed by atoms with Crippen molar-refractivity contribution >= 4 is 16.5 Å². The molecule has 0 aliphatic heterocycles. The first-order chi connectivity index (χ1) is 7.83. The number of benzene rings is 2. The van der Waals surface area contributed by atoms with Crippen molar-refractivity contribution in [3.63, 3.8) is 0 Å². The summed E-state index contributed by atoms with van der Waals surface area (Å²) in [5.41, 5.74) is 8.16. The molecule has 2 nitrogen and oxygen atoms in total. The maximum atomic E-state index is 6.05. The topological polar surface area (TPSA) is 38.0 Å². The zero-order chi connectivity index (χ0) is 11.0. The minimum Gasteiger partial charge on any atom is -0.398 e. The number of rotatable bonds is 3. The summed E-state index contributed by atoms with van der Waals surface area (Å²) in [7, 11) is 0. The lowest BCUT2D eigenvalue weighted by Gasteiger charge is -2.08. The lowest BCUT2D eigenvalue weighted by atomic mass is 10.1. The van der Waals surface area contributed by atoms with E-state index in [1.165, 1.54) is 29.2 Å². The smallest absolute Gasteiger partial charge is 0.0366 e. The number of hydrogen-bond donors (Lipinski definition) is 2. The molecule has 0 aromatic heterocycles. The fraction of sp³-hybridized carbons (Fsp3) is 0.286. The van der Waals surface area contributed by atoms with E-state index in [0.717, 1.165) is 18.3 Å². The second-order valence-corrected chi connectivity index (χ2v) is 4.55. The minimum atomic E-state index is 0.728. The average Bonchev–Trinajstić information content (AvgIpc) is 3.10. The number of nitrogens with two attached hydrogens (primary N) is 1. The van der Waals surface area contributed by atoms with Gasteiger partial charge in [-0.2, -0.15) is 0 Å². The number of hydrogen-bond acceptors (Lipinski definition) is 2. The first-order valence-corrected chi connectivity index (χ1v) is 5.83. The van der Waals surface area contributed by atoms with Crippen LogP contribution in [0.5, 0.6) is 0 Å². The summed E-state index contributed by atoms with van der Waals surface area (Å²) in [6.45, 7) is 0.890. The highest BCUT2D eigenvalue weighted by Gasteiger charge is 2.20. The quantitative estimate of drug-likeness (QED) is 0.768. The fourth-order valence-corrected chi connectivity index (χ4v) is 2.00. The molecule has 2 aromatic rings. The Morgan fingerprint density at radius 3 is 2.50 bits per heavy atom. The Morgan fingerprint density at radius 1 is 1.12 bits per heavy atom. The van der Waals surface area contributed by atoms with Crippen LogP contribution in [0, 0.1) is 0 Å². The average molecular weight is 212 g/mol. The highest BCUT2D eigenvalue weighted by Crippen LogP contribution is 2.24. The molecule has 0 radical (unpaired) electrons. The van der Waals surface area contributed by atoms with Crippen molar-refractivity contribution in [1.82, 2.24) is 5.32 Å². The van der Waals surface area contributed by atoms with Crippen molar-refractivity contribution in [3.05, 3.63) is 42.0 Å². The SMILES string of the molecule is Nc1cc2ccccc2cc1CNC1CC1. The zero-order valence-electron chi connectivity index (χ0n) is 9.24. The summed E-state index contributed by atoms with van der Waals surface area (Å²) in [6.07, 6.45) is 2.63. The molecule has 0 amide bonds. The van der Waals surface area contributed by atoms with Gasteiger partial charge in [0.15, 0.2) is 0 Å². The van der Waals surface area contributed by atoms with Crippen LogP contribution in [0.1, 0.15) is 18.4 Å². The molecule has 0 bridgehead atoms. The Labute approximate surface area is 95.5 Å². The molecule has 1 saturated carbocycles. The Hall–Kier alpha value is -1.54. The maximum Gasteiger partial charge on any atom is 0.0366 e. The van der Waals surface area contributed by atoms with Crippen molar-refractivity contribution in [2.75, 3.05) is 5.73 Å². The van der Waals surface area contributed by atoms with Crippen LogP contribution in [0.3, 0.4) is 0 Å². The van der Waals surface area contributed by atoms with Crippen molar-refractivity contribution < 1.29 is 0 Å². The third-order valence-electron chi connectivity index (χ3n) is 3.17. The van der Waals surface area contributed by atoms with E-state index in [2.05, 4.69) is 35.6 Å². The highest BCUT2D eigenvalue weighted by molar-refractivity contribution is 5.86. The van der Waals surface area contributed by atoms with E-state index in [-0.39, 0.29) is 0 Å². The van der Waals surface area contributed by atoms with Crippen LogP contribution in [0.15, 0.2) is 36.4 Å². The first kappa shape index (κ1) is 9.67. The standard InChI is InChI=1S/C14H16N2/c15-14-8-11-4-2-1-3-10(11)7-12(14)9-16-13-5-6-13/h1-4,7-8,13,16H,5-6,9,15H2. The van der Waals surface area contributed by atoms with Crippen molar-refractivity contribution in [3.8, 4) is 0 Å². The molecule has 0 unspecified atom stereocenters. The van der Waals surface area contributed by atoms with Crippen LogP contribution in [-0.2, 0) is 6.54 Å². The van der Waals surface area contributed by atoms with Gasteiger partial charge in [-0.3, -0.25) is 0 Å². The third-order valence-corrected chi connectivity index (χ3v) is 3.17. The third kappa shape index (κ3) is 1.89. The van der Waals surface area contributed by atoms with Crippen LogP contribution in [0.25, 0.3) is 10.8 Å². The highest BCUT2D eigenvalue weighted by atomic mass is 14.9. The van der Waals surface area contributed by atoms with Gasteiger partial charge in [0, 0.05) is 18.3 Å². The summed E-state index contributed by atoms with van der Waals surface area (Å²) < 4.78 is 0. The molecule has 0 atom stereocenters. The molecule has 16 heavy (non-hydrogen) atoms. The lowest BCUT2D eigenvalue weighted by Crippen LogP contribution is -2.16. The van der Waals surface area contributed by atoms with Crippen molar-refractivity contribution in [2.24, 2.45) is 0 Å². The molecule has 3 N–H and O–H groups in total. The van der Waals surface area contributed by atoms with Crippen LogP contribution in [0.4, 0.5) is 5.69 Å². The summed E-state index contributed by atoms with van der Waals surface area (Å²) in [5, 5.41) is 5.98. The Kier molecular flexibility index (Phi) is 2.29. The summed E-state index contributed by atoms with van der Waals surface area (Å²) in [6, 6.07) is 13.3. The molecular weight excluding hydrogens is 196 g/mol. The lowest BCUT2D eigenvalue weighted by molar-refractivity contribution is 0.689. The first-order valence-electron chi connectivity index (χ1n) is 5.83. The second-order valence-electron chi connectivity index (χ2n) is 4.55. The van der Waals surface area contributed by atoms with Gasteiger partial charge in [0.2, 0.25) is 0 Å². The second kappa shape index (κ2) is 3.80. The van der Waals surface area contributed by atoms with Gasteiger partial charge in [-0.1, -0.05) is 24.3 Å². The zero-order valence-corrected chi connectivity index (χ0v) is 9.24. The fourth-order valence-electron chi connectivity index (χ4n) is 2.00. The van der Waals surface area contributed by atoms with Gasteiger partial charge in [-0.25, -0.2) is 0 Å². The minimum absolute atomic E-state index is 0.728. The molecule has 0 spiro atoms. The van der Waals surface area contributed by atoms with E-state index in [1.807, 2.05) is 6.07 Å². The van der Waals surface area contributed by atoms with Crippen molar-refractivity contribution in [1.29, 1.82) is 0 Å². The van der Waals surface area contributed by atoms with E-state index < -0.39 is 0 Å². The molecular formula is C14H16N2. The van der Waals surface area contributed by atoms with Crippen LogP contribution < -0.4 is 11.1 Å². The van der Waals surface area contributed by atoms with Gasteiger partial charge in [-0.15, -0.1) is 0 Å². The molecule has 1 aliphatic carbocycles. The van der Waals surface area contributed by atoms with Gasteiger partial charge in [0.25, 0.3) is 0 Å². The Morgan fingerprint density at radius 2 is 1.81 bits per heavy atom. The Bertz CT molecular complexity index is 515. The summed E-state index contributed by atoms with van der Waals surface area (Å²) in [4.78, 5) is 0. The van der Waals surface area contributed by atoms with Crippen LogP contribution in [-0.4, -0.2) is 6.04 Å². The molecule has 1 fully saturated rings. The Balaban J connectivity index is 1.93. The number of nitrogens with one attached hydrogen (secondary N) is 1. The maximum absolute atomic E-state index is 6.05. The van der Waals surface area contributed by atoms with E-state index in [0.29, 0.717) is 0 Å². The van der Waals surface area contributed by atoms with Crippen molar-refractivity contribution in [2.45, 2.75) is 25.4 Å². The van der Waals surface area contributed by atoms with E-state index >= 15 is 0 Å². The van der Waals surface area contributed by atoms with E-state index in [9.17, 15) is 0 Å². The van der Waals surface area contributed by atoms with E-state index in [1.54, 1.807) is 0 Å². The molecule has 0 heterocycles. The number of fused-ring (bicyclic) bond motifs is 1. The van der Waals surface area contributed by atoms with Crippen LogP contribution >= 0.6 is 0 Å². The van der Waals surface area contributed by atoms with Gasteiger partial charge < -0.3 is 11.1 Å². The summed E-state index contributed by atoms with van der Waals surface area (Å²) >= 11 is 0. The van der Waals surface area contributed by atoms with Gasteiger partial charge in [-0.05, 0) is 41.3 Å². The van der Waals surface area contributed by atoms with E-state index in [4.69, 9.17) is 5.73 Å². The molecule has 82 valence electrons. The largest absolute Gasteiger partial charge is 0.398 e. The predicted molar refractivity (Wildman–Crippen MR) is 68.2 cm³/mol. The van der Waals surface area contributed by atoms with Crippen LogP contribution in [0.2, 0.25) is 0 Å².